The Bertz CT molecular complexity index is 1810. The number of anilines is 2. The van der Waals surface area contributed by atoms with Crippen LogP contribution in [0.15, 0.2) is 93.9 Å². The molecule has 1 heterocycles. The van der Waals surface area contributed by atoms with E-state index in [0.717, 1.165) is 51.1 Å². The Kier molecular flexibility index (Phi) is 11.7. The van der Waals surface area contributed by atoms with E-state index in [-0.39, 0.29) is 11.6 Å². The number of rotatable bonds is 11. The first kappa shape index (κ1) is 34.2. The van der Waals surface area contributed by atoms with Crippen molar-refractivity contribution in [1.82, 2.24) is 5.32 Å². The van der Waals surface area contributed by atoms with Gasteiger partial charge in [-0.15, -0.1) is 23.1 Å². The van der Waals surface area contributed by atoms with E-state index in [9.17, 15) is 19.2 Å². The Morgan fingerprint density at radius 3 is 2.43 bits per heavy atom. The summed E-state index contributed by atoms with van der Waals surface area (Å²) >= 11 is 6.24. The highest BCUT2D eigenvalue weighted by atomic mass is 79.9. The van der Waals surface area contributed by atoms with Crippen LogP contribution in [0.25, 0.3) is 6.08 Å². The fourth-order valence-corrected chi connectivity index (χ4v) is 7.72. The lowest BCUT2D eigenvalue weighted by molar-refractivity contribution is -0.116. The van der Waals surface area contributed by atoms with E-state index in [2.05, 4.69) is 31.9 Å². The Hall–Kier alpha value is -4.19. The van der Waals surface area contributed by atoms with E-state index < -0.39 is 23.0 Å². The van der Waals surface area contributed by atoms with Crippen molar-refractivity contribution in [3.05, 3.63) is 116 Å². The molecule has 1 atom stereocenters. The Morgan fingerprint density at radius 2 is 1.70 bits per heavy atom. The van der Waals surface area contributed by atoms with Crippen LogP contribution in [-0.2, 0) is 27.2 Å². The average Bonchev–Trinajstić information content (AvgIpc) is 3.45. The summed E-state index contributed by atoms with van der Waals surface area (Å²) in [6, 6.07) is 23.2. The molecule has 3 amide bonds. The number of methoxy groups -OCH3 is 1. The molecule has 0 bridgehead atoms. The number of hydrogen-bond donors (Lipinski definition) is 3. The van der Waals surface area contributed by atoms with Gasteiger partial charge in [0.25, 0.3) is 11.8 Å². The maximum absolute atomic E-state index is 13.5. The van der Waals surface area contributed by atoms with Gasteiger partial charge >= 0.3 is 5.97 Å². The van der Waals surface area contributed by atoms with Crippen LogP contribution < -0.4 is 16.0 Å². The van der Waals surface area contributed by atoms with Crippen molar-refractivity contribution in [3.63, 3.8) is 0 Å². The summed E-state index contributed by atoms with van der Waals surface area (Å²) in [4.78, 5) is 54.6. The second kappa shape index (κ2) is 16.1. The molecule has 0 radical (unpaired) electrons. The molecule has 1 aromatic heterocycles. The number of halogens is 1. The van der Waals surface area contributed by atoms with Crippen molar-refractivity contribution in [2.75, 3.05) is 17.7 Å². The molecule has 47 heavy (non-hydrogen) atoms. The number of amides is 3. The van der Waals surface area contributed by atoms with Crippen molar-refractivity contribution in [2.45, 2.75) is 49.2 Å². The Morgan fingerprint density at radius 1 is 0.957 bits per heavy atom. The van der Waals surface area contributed by atoms with Crippen LogP contribution in [0.5, 0.6) is 0 Å². The summed E-state index contributed by atoms with van der Waals surface area (Å²) in [5.41, 5.74) is 3.19. The number of hydrogen-bond acceptors (Lipinski definition) is 7. The standard InChI is InChI=1S/C36H34BrN3O5S2/c1-3-29(34(43)40-35-31(36(44)45-2)27-14-7-8-15-30(27)47-35)46-26-13-9-12-25(21-26)38-33(42)28(20-22-16-18-24(37)19-17-22)39-32(41)23-10-5-4-6-11-23/h4-6,9-13,16-21,29H,3,7-8,14-15H2,1-2H3,(H,38,42)(H,39,41)(H,40,43)/b28-20-. The first-order valence-electron chi connectivity index (χ1n) is 15.2. The zero-order valence-corrected chi connectivity index (χ0v) is 29.2. The highest BCUT2D eigenvalue weighted by molar-refractivity contribution is 9.10. The van der Waals surface area contributed by atoms with Crippen molar-refractivity contribution in [2.24, 2.45) is 0 Å². The number of fused-ring (bicyclic) bond motifs is 1. The van der Waals surface area contributed by atoms with E-state index in [1.807, 2.05) is 43.3 Å². The van der Waals surface area contributed by atoms with Crippen molar-refractivity contribution < 1.29 is 23.9 Å². The lowest BCUT2D eigenvalue weighted by Gasteiger charge is -2.16. The van der Waals surface area contributed by atoms with Gasteiger partial charge in [-0.2, -0.15) is 0 Å². The van der Waals surface area contributed by atoms with Gasteiger partial charge in [-0.3, -0.25) is 14.4 Å². The molecule has 11 heteroatoms. The van der Waals surface area contributed by atoms with E-state index in [1.165, 1.54) is 30.2 Å². The maximum atomic E-state index is 13.5. The van der Waals surface area contributed by atoms with Gasteiger partial charge in [0, 0.05) is 25.5 Å². The molecule has 5 rings (SSSR count). The van der Waals surface area contributed by atoms with Crippen LogP contribution in [0, 0.1) is 0 Å². The van der Waals surface area contributed by atoms with Crippen LogP contribution in [-0.4, -0.2) is 36.1 Å². The number of carbonyl (C=O) groups is 4. The summed E-state index contributed by atoms with van der Waals surface area (Å²) in [6.45, 7) is 1.93. The number of benzene rings is 3. The number of ether oxygens (including phenoxy) is 1. The zero-order chi connectivity index (χ0) is 33.3. The molecule has 4 aromatic rings. The minimum atomic E-state index is -0.499. The molecule has 0 aliphatic heterocycles. The van der Waals surface area contributed by atoms with Crippen molar-refractivity contribution >= 4 is 79.5 Å². The highest BCUT2D eigenvalue weighted by Gasteiger charge is 2.28. The number of carbonyl (C=O) groups excluding carboxylic acids is 4. The van der Waals surface area contributed by atoms with Gasteiger partial charge in [0.15, 0.2) is 0 Å². The van der Waals surface area contributed by atoms with Gasteiger partial charge in [-0.1, -0.05) is 59.3 Å². The molecule has 0 fully saturated rings. The topological polar surface area (TPSA) is 114 Å². The first-order chi connectivity index (χ1) is 22.7. The predicted octanol–water partition coefficient (Wildman–Crippen LogP) is 8.10. The van der Waals surface area contributed by atoms with E-state index in [0.29, 0.717) is 28.2 Å². The van der Waals surface area contributed by atoms with Gasteiger partial charge < -0.3 is 20.7 Å². The number of thioether (sulfide) groups is 1. The quantitative estimate of drug-likeness (QED) is 0.0817. The summed E-state index contributed by atoms with van der Waals surface area (Å²) in [5.74, 6) is -1.55. The largest absolute Gasteiger partial charge is 0.465 e. The molecule has 8 nitrogen and oxygen atoms in total. The third kappa shape index (κ3) is 8.79. The minimum absolute atomic E-state index is 0.0742. The Balaban J connectivity index is 1.31. The second-order valence-corrected chi connectivity index (χ2v) is 14.1. The number of aryl methyl sites for hydroxylation is 1. The fraction of sp³-hybridized carbons (Fsp3) is 0.222. The van der Waals surface area contributed by atoms with Gasteiger partial charge in [0.2, 0.25) is 5.91 Å². The normalized spacial score (nSPS) is 13.2. The smallest absolute Gasteiger partial charge is 0.341 e. The lowest BCUT2D eigenvalue weighted by atomic mass is 9.95. The van der Waals surface area contributed by atoms with Crippen molar-refractivity contribution in [1.29, 1.82) is 0 Å². The van der Waals surface area contributed by atoms with Gasteiger partial charge in [0.05, 0.1) is 17.9 Å². The molecule has 0 saturated heterocycles. The molecular weight excluding hydrogens is 698 g/mol. The fourth-order valence-electron chi connectivity index (χ4n) is 5.16. The number of nitrogens with one attached hydrogen (secondary N) is 3. The van der Waals surface area contributed by atoms with Crippen molar-refractivity contribution in [3.8, 4) is 0 Å². The summed E-state index contributed by atoms with van der Waals surface area (Å²) < 4.78 is 5.95. The third-order valence-corrected chi connectivity index (χ3v) is 10.6. The molecular formula is C36H34BrN3O5S2. The molecule has 242 valence electrons. The molecule has 0 saturated carbocycles. The van der Waals surface area contributed by atoms with Gasteiger partial charge in [-0.05, 0) is 91.8 Å². The third-order valence-electron chi connectivity index (χ3n) is 7.54. The van der Waals surface area contributed by atoms with Crippen LogP contribution in [0.1, 0.15) is 62.9 Å². The molecule has 3 aromatic carbocycles. The predicted molar refractivity (Wildman–Crippen MR) is 192 cm³/mol. The van der Waals surface area contributed by atoms with E-state index in [1.54, 1.807) is 48.5 Å². The average molecular weight is 733 g/mol. The molecule has 0 spiro atoms. The SMILES string of the molecule is CCC(Sc1cccc(NC(=O)/C(=C/c2ccc(Br)cc2)NC(=O)c2ccccc2)c1)C(=O)Nc1sc2c(c1C(=O)OC)CCCC2. The van der Waals surface area contributed by atoms with E-state index in [4.69, 9.17) is 4.74 Å². The molecule has 1 aliphatic rings. The zero-order valence-electron chi connectivity index (χ0n) is 25.9. The molecule has 1 unspecified atom stereocenters. The highest BCUT2D eigenvalue weighted by Crippen LogP contribution is 2.39. The van der Waals surface area contributed by atoms with Gasteiger partial charge in [-0.25, -0.2) is 4.79 Å². The van der Waals surface area contributed by atoms with Gasteiger partial charge in [0.1, 0.15) is 10.7 Å². The van der Waals surface area contributed by atoms with Crippen LogP contribution in [0.4, 0.5) is 10.7 Å². The monoisotopic (exact) mass is 731 g/mol. The first-order valence-corrected chi connectivity index (χ1v) is 17.7. The Labute approximate surface area is 290 Å². The number of thiophene rings is 1. The van der Waals surface area contributed by atoms with E-state index >= 15 is 0 Å². The molecule has 1 aliphatic carbocycles. The lowest BCUT2D eigenvalue weighted by Crippen LogP contribution is -2.30. The second-order valence-electron chi connectivity index (χ2n) is 10.8. The van der Waals surface area contributed by atoms with Crippen LogP contribution >= 0.6 is 39.0 Å². The minimum Gasteiger partial charge on any atom is -0.465 e. The summed E-state index contributed by atoms with van der Waals surface area (Å²) in [6.07, 6.45) is 5.90. The van der Waals surface area contributed by atoms with Crippen LogP contribution in [0.2, 0.25) is 0 Å². The molecule has 3 N–H and O–H groups in total. The van der Waals surface area contributed by atoms with Crippen LogP contribution in [0.3, 0.4) is 0 Å². The summed E-state index contributed by atoms with van der Waals surface area (Å²) in [7, 11) is 1.36. The summed E-state index contributed by atoms with van der Waals surface area (Å²) in [5, 5.41) is 8.74. The number of esters is 1. The maximum Gasteiger partial charge on any atom is 0.341 e.